The molecule has 19 nitrogen and oxygen atoms in total. The minimum absolute atomic E-state index is 0.00304. The number of alkyl halides is 2. The number of fused-ring (bicyclic) bond motifs is 3. The van der Waals surface area contributed by atoms with Crippen LogP contribution in [0.4, 0.5) is 37.3 Å². The van der Waals surface area contributed by atoms with Crippen LogP contribution in [-0.4, -0.2) is 133 Å². The molecule has 366 valence electrons. The van der Waals surface area contributed by atoms with E-state index < -0.39 is 36.1 Å². The van der Waals surface area contributed by atoms with Crippen LogP contribution in [0.5, 0.6) is 0 Å². The first kappa shape index (κ1) is 46.3. The lowest BCUT2D eigenvalue weighted by molar-refractivity contribution is -0.137. The Labute approximate surface area is 397 Å². The summed E-state index contributed by atoms with van der Waals surface area (Å²) in [4.78, 5) is 68.7. The normalized spacial score (nSPS) is 23.1. The zero-order valence-electron chi connectivity index (χ0n) is 38.7. The molecule has 5 aromatic heterocycles. The quantitative estimate of drug-likeness (QED) is 0.124. The highest BCUT2D eigenvalue weighted by molar-refractivity contribution is 6.08. The van der Waals surface area contributed by atoms with E-state index in [1.165, 1.54) is 29.0 Å². The topological polar surface area (TPSA) is 201 Å². The number of anilines is 5. The van der Waals surface area contributed by atoms with Crippen molar-refractivity contribution in [3.63, 3.8) is 0 Å². The van der Waals surface area contributed by atoms with E-state index >= 15 is 0 Å². The highest BCUT2D eigenvalue weighted by atomic mass is 19.3. The molecule has 2 bridgehead atoms. The molecule has 69 heavy (non-hydrogen) atoms. The van der Waals surface area contributed by atoms with Gasteiger partial charge in [0.1, 0.15) is 17.9 Å². The van der Waals surface area contributed by atoms with Gasteiger partial charge in [-0.05, 0) is 94.9 Å². The molecule has 21 heteroatoms. The van der Waals surface area contributed by atoms with Gasteiger partial charge in [0.05, 0.1) is 72.1 Å². The van der Waals surface area contributed by atoms with E-state index in [9.17, 15) is 28.0 Å². The molecule has 3 atom stereocenters. The van der Waals surface area contributed by atoms with Crippen LogP contribution in [-0.2, 0) is 20.9 Å². The maximum Gasteiger partial charge on any atom is 0.323 e. The molecule has 0 radical (unpaired) electrons. The Hall–Kier alpha value is -6.48. The number of morpholine rings is 1. The van der Waals surface area contributed by atoms with E-state index in [1.54, 1.807) is 17.1 Å². The van der Waals surface area contributed by atoms with Gasteiger partial charge in [-0.25, -0.2) is 18.3 Å². The third kappa shape index (κ3) is 10.3. The predicted octanol–water partition coefficient (Wildman–Crippen LogP) is 5.17. The van der Waals surface area contributed by atoms with Crippen LogP contribution in [0, 0.1) is 17.8 Å². The van der Waals surface area contributed by atoms with Crippen molar-refractivity contribution in [3.8, 4) is 0 Å². The molecule has 1 saturated carbocycles. The second kappa shape index (κ2) is 19.9. The Morgan fingerprint density at radius 2 is 1.67 bits per heavy atom. The van der Waals surface area contributed by atoms with Crippen LogP contribution >= 0.6 is 0 Å². The number of carbonyl (C=O) groups is 3. The van der Waals surface area contributed by atoms with E-state index in [0.717, 1.165) is 119 Å². The number of rotatable bonds is 15. The van der Waals surface area contributed by atoms with E-state index in [4.69, 9.17) is 14.8 Å². The predicted molar refractivity (Wildman–Crippen MR) is 253 cm³/mol. The van der Waals surface area contributed by atoms with Crippen molar-refractivity contribution in [2.24, 2.45) is 17.8 Å². The van der Waals surface area contributed by atoms with E-state index in [-0.39, 0.29) is 41.3 Å². The molecule has 0 spiro atoms. The lowest BCUT2D eigenvalue weighted by atomic mass is 9.85. The zero-order chi connectivity index (χ0) is 47.8. The monoisotopic (exact) mass is 951 g/mol. The van der Waals surface area contributed by atoms with Crippen LogP contribution in [0.2, 0.25) is 0 Å². The molecule has 4 aliphatic heterocycles. The molecule has 0 aromatic carbocycles. The van der Waals surface area contributed by atoms with Crippen LogP contribution < -0.4 is 30.9 Å². The highest BCUT2D eigenvalue weighted by Crippen LogP contribution is 2.37. The first-order chi connectivity index (χ1) is 33.4. The summed E-state index contributed by atoms with van der Waals surface area (Å²) in [5, 5.41) is 23.3. The molecule has 10 rings (SSSR count). The standard InChI is InChI=1S/C48H59F2N13O6/c1-57(23-31-10-14-58(15-11-31)35-17-36(20-51-19-35)59-13-2-3-32(24-59)47(67)53-33-6-9-42(64)60(25-33)28-43(65)66)22-30-4-7-34(8-5-30)63-27-40(44(56-63)45(49)50)54-48(68)39-21-52-62-16-12-41(55-46(39)62)61-26-38-18-37(61)29-69-38/h6,9,12,16-17,19-21,25,27,30-32,34,37-38,45H,2-5,7-8,10-11,13-15,18,22-24,26,28-29H2,1H3,(H,53,67)(H,54,68)(H,65,66)/t30?,32-,34?,37+,38+/m0/s1. The smallest absolute Gasteiger partial charge is 0.323 e. The van der Waals surface area contributed by atoms with E-state index in [0.29, 0.717) is 36.3 Å². The molecule has 3 N–H and O–H groups in total. The van der Waals surface area contributed by atoms with Crippen molar-refractivity contribution in [1.29, 1.82) is 0 Å². The SMILES string of the molecule is CN(CC1CCC(n2cc(NC(=O)c3cnn4ccc(N5C[C@H]6C[C@@H]5CO6)nc34)c(C(F)F)n2)CC1)CC1CCN(c2cncc(N3CCC[C@H](C(=O)Nc4ccc(=O)n(CC(=O)O)c4)C3)c2)CC1. The molecular formula is C48H59F2N13O6. The largest absolute Gasteiger partial charge is 0.480 e. The van der Waals surface area contributed by atoms with E-state index in [1.807, 2.05) is 18.5 Å². The summed E-state index contributed by atoms with van der Waals surface area (Å²) in [5.74, 6) is -0.384. The van der Waals surface area contributed by atoms with Crippen molar-refractivity contribution in [3.05, 3.63) is 83.1 Å². The van der Waals surface area contributed by atoms with Gasteiger partial charge in [0, 0.05) is 70.5 Å². The minimum Gasteiger partial charge on any atom is -0.480 e. The summed E-state index contributed by atoms with van der Waals surface area (Å²) in [6, 6.07) is 6.98. The average Bonchev–Trinajstić information content (AvgIpc) is 4.18. The molecular weight excluding hydrogens is 893 g/mol. The average molecular weight is 952 g/mol. The van der Waals surface area contributed by atoms with Crippen LogP contribution in [0.1, 0.15) is 86.3 Å². The second-order valence-electron chi connectivity index (χ2n) is 19.6. The van der Waals surface area contributed by atoms with Gasteiger partial charge in [-0.3, -0.25) is 28.8 Å². The Bertz CT molecular complexity index is 2730. The Morgan fingerprint density at radius 3 is 2.39 bits per heavy atom. The summed E-state index contributed by atoms with van der Waals surface area (Å²) in [5.41, 5.74) is 2.07. The summed E-state index contributed by atoms with van der Waals surface area (Å²) in [6.07, 6.45) is 15.3. The van der Waals surface area contributed by atoms with Gasteiger partial charge < -0.3 is 44.6 Å². The summed E-state index contributed by atoms with van der Waals surface area (Å²) in [6.45, 7) is 6.03. The Balaban J connectivity index is 0.677. The van der Waals surface area contributed by atoms with Gasteiger partial charge in [-0.2, -0.15) is 10.2 Å². The maximum absolute atomic E-state index is 14.4. The molecule has 5 aliphatic rings. The van der Waals surface area contributed by atoms with Crippen molar-refractivity contribution in [1.82, 2.24) is 38.8 Å². The van der Waals surface area contributed by atoms with Gasteiger partial charge in [0.15, 0.2) is 11.3 Å². The van der Waals surface area contributed by atoms with Crippen LogP contribution in [0.3, 0.4) is 0 Å². The number of carboxylic acid groups (broad SMARTS) is 1. The summed E-state index contributed by atoms with van der Waals surface area (Å²) >= 11 is 0. The van der Waals surface area contributed by atoms with Crippen molar-refractivity contribution < 1.29 is 33.0 Å². The third-order valence-electron chi connectivity index (χ3n) is 14.7. The number of amides is 2. The summed E-state index contributed by atoms with van der Waals surface area (Å²) in [7, 11) is 2.19. The van der Waals surface area contributed by atoms with Gasteiger partial charge >= 0.3 is 5.97 Å². The van der Waals surface area contributed by atoms with Crippen molar-refractivity contribution in [2.45, 2.75) is 88.9 Å². The number of carboxylic acids is 1. The number of hydrogen-bond acceptors (Lipinski definition) is 13. The van der Waals surface area contributed by atoms with Gasteiger partial charge in [-0.15, -0.1) is 0 Å². The van der Waals surface area contributed by atoms with Crippen molar-refractivity contribution in [2.75, 3.05) is 84.8 Å². The van der Waals surface area contributed by atoms with Crippen LogP contribution in [0.15, 0.2) is 66.2 Å². The minimum atomic E-state index is -2.86. The number of aromatic nitrogens is 7. The first-order valence-corrected chi connectivity index (χ1v) is 24.2. The van der Waals surface area contributed by atoms with Crippen molar-refractivity contribution >= 4 is 52.0 Å². The highest BCUT2D eigenvalue weighted by Gasteiger charge is 2.40. The van der Waals surface area contributed by atoms with Gasteiger partial charge in [-0.1, -0.05) is 0 Å². The lowest BCUT2D eigenvalue weighted by Gasteiger charge is -2.37. The van der Waals surface area contributed by atoms with Crippen LogP contribution in [0.25, 0.3) is 5.65 Å². The number of aliphatic carboxylic acids is 1. The third-order valence-corrected chi connectivity index (χ3v) is 14.7. The fraction of sp³-hybridized carbons (Fsp3) is 0.542. The fourth-order valence-corrected chi connectivity index (χ4v) is 11.1. The maximum atomic E-state index is 14.4. The second-order valence-corrected chi connectivity index (χ2v) is 19.6. The van der Waals surface area contributed by atoms with E-state index in [2.05, 4.69) is 58.5 Å². The lowest BCUT2D eigenvalue weighted by Crippen LogP contribution is -2.41. The first-order valence-electron chi connectivity index (χ1n) is 24.2. The number of nitrogens with one attached hydrogen (secondary N) is 2. The summed E-state index contributed by atoms with van der Waals surface area (Å²) < 4.78 is 38.6. The number of halogens is 2. The number of piperidine rings is 2. The molecule has 2 amide bonds. The molecule has 4 saturated heterocycles. The van der Waals surface area contributed by atoms with Gasteiger partial charge in [0.2, 0.25) is 5.91 Å². The molecule has 0 unspecified atom stereocenters. The molecule has 5 fully saturated rings. The Kier molecular flexibility index (Phi) is 13.3. The Morgan fingerprint density at radius 1 is 0.899 bits per heavy atom. The number of nitrogens with zero attached hydrogens (tertiary/aromatic N) is 11. The molecule has 9 heterocycles. The molecule has 1 aliphatic carbocycles. The number of ether oxygens (including phenoxy) is 1. The molecule has 5 aromatic rings. The van der Waals surface area contributed by atoms with Gasteiger partial charge in [0.25, 0.3) is 17.9 Å². The number of hydrogen-bond donors (Lipinski definition) is 3. The number of pyridine rings is 2. The number of carbonyl (C=O) groups excluding carboxylic acids is 2. The zero-order valence-corrected chi connectivity index (χ0v) is 38.7. The fourth-order valence-electron chi connectivity index (χ4n) is 11.1.